The standard InChI is InChI=1S/C15H11BrN4/c1-10-14(11-5-4-6-12(16)9-11)19-20-15(18-10)13-7-2-3-8-17-13/h2-9H,1H3. The lowest BCUT2D eigenvalue weighted by molar-refractivity contribution is 0.950. The van der Waals surface area contributed by atoms with Gasteiger partial charge in [0.05, 0.1) is 5.69 Å². The molecule has 0 N–H and O–H groups in total. The van der Waals surface area contributed by atoms with E-state index in [1.54, 1.807) is 6.20 Å². The van der Waals surface area contributed by atoms with Crippen molar-refractivity contribution >= 4 is 15.9 Å². The predicted molar refractivity (Wildman–Crippen MR) is 80.9 cm³/mol. The van der Waals surface area contributed by atoms with Crippen LogP contribution in [0.25, 0.3) is 22.8 Å². The van der Waals surface area contributed by atoms with E-state index in [-0.39, 0.29) is 0 Å². The number of nitrogens with zero attached hydrogens (tertiary/aromatic N) is 4. The third-order valence-electron chi connectivity index (χ3n) is 2.85. The monoisotopic (exact) mass is 326 g/mol. The number of pyridine rings is 1. The van der Waals surface area contributed by atoms with Gasteiger partial charge in [-0.25, -0.2) is 4.98 Å². The molecule has 0 saturated carbocycles. The van der Waals surface area contributed by atoms with Gasteiger partial charge in [0.2, 0.25) is 5.82 Å². The SMILES string of the molecule is Cc1nc(-c2ccccn2)nnc1-c1cccc(Br)c1. The van der Waals surface area contributed by atoms with Gasteiger partial charge >= 0.3 is 0 Å². The van der Waals surface area contributed by atoms with Gasteiger partial charge in [0.25, 0.3) is 0 Å². The summed E-state index contributed by atoms with van der Waals surface area (Å²) in [5.74, 6) is 0.543. The maximum Gasteiger partial charge on any atom is 0.200 e. The molecule has 3 aromatic rings. The molecule has 1 aromatic carbocycles. The zero-order valence-corrected chi connectivity index (χ0v) is 12.4. The number of aromatic nitrogens is 4. The van der Waals surface area contributed by atoms with Gasteiger partial charge in [-0.3, -0.25) is 4.98 Å². The van der Waals surface area contributed by atoms with Crippen LogP contribution >= 0.6 is 15.9 Å². The highest BCUT2D eigenvalue weighted by Crippen LogP contribution is 2.23. The highest BCUT2D eigenvalue weighted by Gasteiger charge is 2.10. The largest absolute Gasteiger partial charge is 0.253 e. The van der Waals surface area contributed by atoms with Gasteiger partial charge < -0.3 is 0 Å². The average molecular weight is 327 g/mol. The fourth-order valence-electron chi connectivity index (χ4n) is 1.91. The Kier molecular flexibility index (Phi) is 3.52. The van der Waals surface area contributed by atoms with Crippen LogP contribution in [0.4, 0.5) is 0 Å². The van der Waals surface area contributed by atoms with Crippen molar-refractivity contribution in [1.82, 2.24) is 20.2 Å². The number of rotatable bonds is 2. The lowest BCUT2D eigenvalue weighted by Gasteiger charge is -2.05. The first kappa shape index (κ1) is 12.9. The quantitative estimate of drug-likeness (QED) is 0.721. The molecular formula is C15H11BrN4. The zero-order chi connectivity index (χ0) is 13.9. The van der Waals surface area contributed by atoms with E-state index in [2.05, 4.69) is 36.1 Å². The number of hydrogen-bond donors (Lipinski definition) is 0. The van der Waals surface area contributed by atoms with Crippen LogP contribution < -0.4 is 0 Å². The summed E-state index contributed by atoms with van der Waals surface area (Å²) in [5, 5.41) is 8.47. The molecule has 0 atom stereocenters. The summed E-state index contributed by atoms with van der Waals surface area (Å²) in [4.78, 5) is 8.73. The highest BCUT2D eigenvalue weighted by molar-refractivity contribution is 9.10. The topological polar surface area (TPSA) is 51.6 Å². The normalized spacial score (nSPS) is 10.5. The molecule has 5 heteroatoms. The second kappa shape index (κ2) is 5.46. The Balaban J connectivity index is 2.04. The second-order valence-corrected chi connectivity index (χ2v) is 5.21. The molecule has 0 radical (unpaired) electrons. The first-order valence-electron chi connectivity index (χ1n) is 6.13. The third-order valence-corrected chi connectivity index (χ3v) is 3.35. The van der Waals surface area contributed by atoms with Gasteiger partial charge in [0, 0.05) is 16.2 Å². The summed E-state index contributed by atoms with van der Waals surface area (Å²) in [6.07, 6.45) is 1.72. The molecule has 0 aliphatic heterocycles. The Hall–Kier alpha value is -2.14. The van der Waals surface area contributed by atoms with Gasteiger partial charge in [-0.15, -0.1) is 10.2 Å². The van der Waals surface area contributed by atoms with Crippen LogP contribution in [0.3, 0.4) is 0 Å². The summed E-state index contributed by atoms with van der Waals surface area (Å²) in [5.41, 5.74) is 3.33. The van der Waals surface area contributed by atoms with Crippen molar-refractivity contribution in [3.8, 4) is 22.8 Å². The van der Waals surface area contributed by atoms with Gasteiger partial charge in [0.15, 0.2) is 0 Å². The Morgan fingerprint density at radius 3 is 2.60 bits per heavy atom. The molecule has 98 valence electrons. The lowest BCUT2D eigenvalue weighted by atomic mass is 10.1. The molecule has 0 aliphatic rings. The summed E-state index contributed by atoms with van der Waals surface area (Å²) in [7, 11) is 0. The molecule has 2 heterocycles. The smallest absolute Gasteiger partial charge is 0.200 e. The Morgan fingerprint density at radius 1 is 1.00 bits per heavy atom. The van der Waals surface area contributed by atoms with Gasteiger partial charge in [-0.1, -0.05) is 34.1 Å². The van der Waals surface area contributed by atoms with E-state index in [1.165, 1.54) is 0 Å². The maximum absolute atomic E-state index is 4.50. The van der Waals surface area contributed by atoms with E-state index in [0.717, 1.165) is 27.1 Å². The van der Waals surface area contributed by atoms with Gasteiger partial charge in [-0.2, -0.15) is 0 Å². The minimum Gasteiger partial charge on any atom is -0.253 e. The van der Waals surface area contributed by atoms with Crippen molar-refractivity contribution in [2.75, 3.05) is 0 Å². The van der Waals surface area contributed by atoms with Crippen molar-refractivity contribution in [2.45, 2.75) is 6.92 Å². The Bertz CT molecular complexity index is 744. The van der Waals surface area contributed by atoms with E-state index in [9.17, 15) is 0 Å². The Morgan fingerprint density at radius 2 is 1.90 bits per heavy atom. The third kappa shape index (κ3) is 2.58. The first-order valence-corrected chi connectivity index (χ1v) is 6.92. The summed E-state index contributed by atoms with van der Waals surface area (Å²) < 4.78 is 1.00. The van der Waals surface area contributed by atoms with E-state index in [1.807, 2.05) is 49.4 Å². The fraction of sp³-hybridized carbons (Fsp3) is 0.0667. The minimum absolute atomic E-state index is 0.543. The molecule has 2 aromatic heterocycles. The summed E-state index contributed by atoms with van der Waals surface area (Å²) >= 11 is 3.46. The lowest BCUT2D eigenvalue weighted by Crippen LogP contribution is -2.00. The van der Waals surface area contributed by atoms with Gasteiger partial charge in [-0.05, 0) is 31.2 Å². The molecule has 0 fully saturated rings. The minimum atomic E-state index is 0.543. The summed E-state index contributed by atoms with van der Waals surface area (Å²) in [6, 6.07) is 13.6. The number of hydrogen-bond acceptors (Lipinski definition) is 4. The zero-order valence-electron chi connectivity index (χ0n) is 10.8. The molecule has 20 heavy (non-hydrogen) atoms. The summed E-state index contributed by atoms with van der Waals surface area (Å²) in [6.45, 7) is 1.93. The number of benzene rings is 1. The van der Waals surface area contributed by atoms with Crippen molar-refractivity contribution in [3.63, 3.8) is 0 Å². The van der Waals surface area contributed by atoms with Crippen LogP contribution in [0, 0.1) is 6.92 Å². The van der Waals surface area contributed by atoms with Crippen molar-refractivity contribution in [2.24, 2.45) is 0 Å². The molecular weight excluding hydrogens is 316 g/mol. The van der Waals surface area contributed by atoms with Crippen LogP contribution in [0.5, 0.6) is 0 Å². The number of halogens is 1. The first-order chi connectivity index (χ1) is 9.74. The molecule has 0 aliphatic carbocycles. The van der Waals surface area contributed by atoms with E-state index >= 15 is 0 Å². The molecule has 0 saturated heterocycles. The highest BCUT2D eigenvalue weighted by atomic mass is 79.9. The molecule has 0 amide bonds. The van der Waals surface area contributed by atoms with E-state index < -0.39 is 0 Å². The van der Waals surface area contributed by atoms with Crippen LogP contribution in [-0.4, -0.2) is 20.2 Å². The van der Waals surface area contributed by atoms with Crippen molar-refractivity contribution in [3.05, 3.63) is 58.8 Å². The van der Waals surface area contributed by atoms with Crippen LogP contribution in [0.1, 0.15) is 5.69 Å². The fourth-order valence-corrected chi connectivity index (χ4v) is 2.31. The van der Waals surface area contributed by atoms with E-state index in [4.69, 9.17) is 0 Å². The number of aryl methyl sites for hydroxylation is 1. The predicted octanol–water partition coefficient (Wildman–Crippen LogP) is 3.67. The van der Waals surface area contributed by atoms with Crippen LogP contribution in [0.15, 0.2) is 53.1 Å². The van der Waals surface area contributed by atoms with Gasteiger partial charge in [0.1, 0.15) is 11.4 Å². The van der Waals surface area contributed by atoms with E-state index in [0.29, 0.717) is 5.82 Å². The molecule has 0 bridgehead atoms. The molecule has 3 rings (SSSR count). The average Bonchev–Trinajstić information content (AvgIpc) is 2.48. The molecule has 0 unspecified atom stereocenters. The van der Waals surface area contributed by atoms with Crippen molar-refractivity contribution < 1.29 is 0 Å². The molecule has 4 nitrogen and oxygen atoms in total. The maximum atomic E-state index is 4.50. The Labute approximate surface area is 125 Å². The van der Waals surface area contributed by atoms with Crippen LogP contribution in [-0.2, 0) is 0 Å². The van der Waals surface area contributed by atoms with Crippen LogP contribution in [0.2, 0.25) is 0 Å². The molecule has 0 spiro atoms. The van der Waals surface area contributed by atoms with Crippen molar-refractivity contribution in [1.29, 1.82) is 0 Å². The second-order valence-electron chi connectivity index (χ2n) is 4.29.